The minimum absolute atomic E-state index is 0. The number of piperidine rings is 1. The Balaban J connectivity index is 0.000000216. The third kappa shape index (κ3) is 19.0. The van der Waals surface area contributed by atoms with E-state index >= 15 is 0 Å². The summed E-state index contributed by atoms with van der Waals surface area (Å²) in [6.45, 7) is 11.2. The van der Waals surface area contributed by atoms with Gasteiger partial charge in [-0.15, -0.1) is 11.3 Å². The number of amides is 2. The summed E-state index contributed by atoms with van der Waals surface area (Å²) in [4.78, 5) is 56.2. The summed E-state index contributed by atoms with van der Waals surface area (Å²) in [5, 5.41) is 5.60. The van der Waals surface area contributed by atoms with Crippen molar-refractivity contribution in [3.63, 3.8) is 0 Å². The Morgan fingerprint density at radius 3 is 1.64 bits per heavy atom. The monoisotopic (exact) mass is 1550 g/mol. The van der Waals surface area contributed by atoms with E-state index in [1.165, 1.54) is 48.5 Å². The summed E-state index contributed by atoms with van der Waals surface area (Å²) in [5.74, 6) is 1.13. The maximum Gasteiger partial charge on any atom is 0.263 e. The quantitative estimate of drug-likeness (QED) is 0.0635. The molecule has 3 aliphatic heterocycles. The number of anilines is 5. The smallest absolute Gasteiger partial charge is 0.263 e. The fourth-order valence-corrected chi connectivity index (χ4v) is 16.7. The molecule has 23 nitrogen and oxygen atoms in total. The Kier molecular flexibility index (Phi) is 24.3. The van der Waals surface area contributed by atoms with Crippen LogP contribution in [0.2, 0.25) is 25.1 Å². The third-order valence-electron chi connectivity index (χ3n) is 17.2. The normalized spacial score (nSPS) is 15.3. The fraction of sp³-hybridized carbons (Fsp3) is 0.261. The highest BCUT2D eigenvalue weighted by atomic mass is 35.5. The molecule has 1 unspecified atom stereocenters. The molecule has 101 heavy (non-hydrogen) atoms. The van der Waals surface area contributed by atoms with E-state index in [9.17, 15) is 34.8 Å². The highest BCUT2D eigenvalue weighted by Crippen LogP contribution is 2.35. The number of thiazole rings is 1. The number of hydrogen-bond donors (Lipinski definition) is 3. The Labute approximate surface area is 621 Å². The van der Waals surface area contributed by atoms with Crippen molar-refractivity contribution < 1.29 is 45.3 Å². The van der Waals surface area contributed by atoms with Crippen LogP contribution < -0.4 is 28.7 Å². The number of sulfonamides is 3. The number of para-hydroxylation sites is 1. The summed E-state index contributed by atoms with van der Waals surface area (Å²) in [5.41, 5.74) is 4.91. The standard InChI is InChI=1S/C25H26N4O3S2.C23H23Cl2N5O4S.C21H20Cl3N5O2S.4H2/c1-18(29-16-12-21-4-2-3-5-23(21)29)24(30)28-14-10-20(11-15-28)19-6-8-22(9-7-19)34(31,32)27-25-26-13-17-33-25;1-16(34-21-7-2-17(24)14-20(21)25)23(31)30-12-10-29(11-13-30)18-3-5-19(6-4-18)35(32,33)28-22-8-9-26-15-27-22;22-16-11-15(21(24)19(23)12-16)13-28-7-9-29(10-8-28)17-1-3-18(4-2-17)32(30,31)27-20-5-6-25-14-26-20;;;;/h2-9,12-13,16-18,20H,10-11,14-15H2,1H3,(H,26,27);2-9,14-16H,10-13H2,1H3,(H,26,27,28);1-6,11-12,14H,7-10,13H2,(H,25,26,27);4*1H/t18-;;;;;;/m0....../s1. The second-order valence-electron chi connectivity index (χ2n) is 23.7. The molecule has 0 radical (unpaired) electrons. The minimum atomic E-state index is -3.76. The van der Waals surface area contributed by atoms with Crippen LogP contribution >= 0.6 is 69.3 Å². The lowest BCUT2D eigenvalue weighted by atomic mass is 9.89. The van der Waals surface area contributed by atoms with Gasteiger partial charge in [-0.25, -0.2) is 50.2 Å². The average molecular weight is 1550 g/mol. The third-order valence-corrected chi connectivity index (χ3v) is 23.7. The maximum absolute atomic E-state index is 13.2. The molecule has 32 heteroatoms. The van der Waals surface area contributed by atoms with Gasteiger partial charge in [0, 0.05) is 135 Å². The van der Waals surface area contributed by atoms with Gasteiger partial charge in [0.05, 0.1) is 29.8 Å². The predicted molar refractivity (Wildman–Crippen MR) is 406 cm³/mol. The number of rotatable bonds is 19. The molecule has 2 amide bonds. The predicted octanol–water partition coefficient (Wildman–Crippen LogP) is 14.1. The number of ether oxygens (including phenoxy) is 1. The molecule has 6 aromatic carbocycles. The Hall–Kier alpha value is -8.35. The van der Waals surface area contributed by atoms with Crippen LogP contribution in [0.1, 0.15) is 55.5 Å². The first-order valence-corrected chi connectivity index (χ1v) is 39.1. The minimum Gasteiger partial charge on any atom is -0.479 e. The van der Waals surface area contributed by atoms with Gasteiger partial charge in [0.1, 0.15) is 36.1 Å². The highest BCUT2D eigenvalue weighted by molar-refractivity contribution is 7.93. The van der Waals surface area contributed by atoms with Gasteiger partial charge in [0.2, 0.25) is 5.91 Å². The number of benzene rings is 6. The lowest BCUT2D eigenvalue weighted by Crippen LogP contribution is -2.52. The van der Waals surface area contributed by atoms with Crippen LogP contribution in [0.15, 0.2) is 203 Å². The van der Waals surface area contributed by atoms with Crippen LogP contribution in [0.4, 0.5) is 28.1 Å². The van der Waals surface area contributed by atoms with Crippen LogP contribution in [0.5, 0.6) is 5.75 Å². The molecule has 0 aliphatic carbocycles. The maximum atomic E-state index is 13.2. The molecule has 536 valence electrons. The van der Waals surface area contributed by atoms with E-state index in [0.717, 1.165) is 72.4 Å². The van der Waals surface area contributed by atoms with Crippen molar-refractivity contribution in [3.05, 3.63) is 225 Å². The SMILES string of the molecule is CC(Oc1ccc(Cl)cc1Cl)C(=O)N1CCN(c2ccc(S(=O)(=O)Nc3ccncn3)cc2)CC1.C[C@@H](C(=O)N1CCC(c2ccc(S(=O)(=O)Nc3nccs3)cc2)CC1)n1ccc2ccccc21.O=S(=O)(Nc1ccncn1)c1ccc(N2CCN(Cc3cc(Cl)cc(Cl)c3Cl)CC2)cc1.[HH].[HH].[HH].[HH]. The number of hydrogen-bond acceptors (Lipinski definition) is 18. The van der Waals surface area contributed by atoms with Gasteiger partial charge >= 0.3 is 0 Å². The Bertz CT molecular complexity index is 4850. The molecule has 0 bridgehead atoms. The number of piperazine rings is 2. The Morgan fingerprint density at radius 2 is 1.10 bits per heavy atom. The van der Waals surface area contributed by atoms with E-state index in [1.54, 1.807) is 96.2 Å². The number of fused-ring (bicyclic) bond motifs is 1. The number of likely N-dealkylation sites (tertiary alicyclic amines) is 1. The number of nitrogens with one attached hydrogen (secondary N) is 3. The van der Waals surface area contributed by atoms with Gasteiger partial charge in [-0.05, 0) is 164 Å². The van der Waals surface area contributed by atoms with Crippen molar-refractivity contribution in [1.29, 1.82) is 0 Å². The first-order chi connectivity index (χ1) is 48.5. The van der Waals surface area contributed by atoms with Crippen molar-refractivity contribution in [2.75, 3.05) is 89.4 Å². The van der Waals surface area contributed by atoms with Gasteiger partial charge in [0.25, 0.3) is 36.0 Å². The number of carbonyl (C=O) groups excluding carboxylic acids is 2. The first kappa shape index (κ1) is 73.9. The topological polar surface area (TPSA) is 267 Å². The van der Waals surface area contributed by atoms with Crippen molar-refractivity contribution >= 4 is 150 Å². The summed E-state index contributed by atoms with van der Waals surface area (Å²) in [6.07, 6.45) is 10.0. The first-order valence-electron chi connectivity index (χ1n) is 31.9. The van der Waals surface area contributed by atoms with E-state index in [2.05, 4.69) is 59.9 Å². The second kappa shape index (κ2) is 33.2. The molecule has 0 spiro atoms. The van der Waals surface area contributed by atoms with Crippen molar-refractivity contribution in [3.8, 4) is 5.75 Å². The van der Waals surface area contributed by atoms with E-state index in [1.807, 2.05) is 77.2 Å². The summed E-state index contributed by atoms with van der Waals surface area (Å²) >= 11 is 31.9. The van der Waals surface area contributed by atoms with Crippen LogP contribution in [0.25, 0.3) is 10.9 Å². The molecule has 3 saturated heterocycles. The molecule has 2 atom stereocenters. The number of carbonyl (C=O) groups is 2. The van der Waals surface area contributed by atoms with Gasteiger partial charge in [-0.1, -0.05) is 88.3 Å². The van der Waals surface area contributed by atoms with Crippen LogP contribution in [0.3, 0.4) is 0 Å². The van der Waals surface area contributed by atoms with Crippen molar-refractivity contribution in [1.82, 2.24) is 44.2 Å². The highest BCUT2D eigenvalue weighted by Gasteiger charge is 2.31. The van der Waals surface area contributed by atoms with Crippen LogP contribution in [-0.2, 0) is 46.2 Å². The number of halogens is 5. The molecule has 10 aromatic rings. The lowest BCUT2D eigenvalue weighted by molar-refractivity contribution is -0.138. The molecular weight excluding hydrogens is 1470 g/mol. The summed E-state index contributed by atoms with van der Waals surface area (Å²) in [6, 6.07) is 41.7. The summed E-state index contributed by atoms with van der Waals surface area (Å²) in [7, 11) is -11.1. The molecule has 3 aliphatic rings. The zero-order valence-corrected chi connectivity index (χ0v) is 61.5. The largest absolute Gasteiger partial charge is 0.479 e. The molecule has 3 N–H and O–H groups in total. The summed E-state index contributed by atoms with van der Waals surface area (Å²) < 4.78 is 90.6. The zero-order valence-electron chi connectivity index (χ0n) is 54.4. The second-order valence-corrected chi connectivity index (χ2v) is 31.7. The van der Waals surface area contributed by atoms with E-state index in [0.29, 0.717) is 87.7 Å². The van der Waals surface area contributed by atoms with Gasteiger partial charge in [0.15, 0.2) is 11.2 Å². The molecule has 7 heterocycles. The van der Waals surface area contributed by atoms with Gasteiger partial charge in [-0.3, -0.25) is 28.7 Å². The lowest BCUT2D eigenvalue weighted by Gasteiger charge is -2.37. The van der Waals surface area contributed by atoms with E-state index in [-0.39, 0.29) is 49.9 Å². The van der Waals surface area contributed by atoms with E-state index in [4.69, 9.17) is 62.7 Å². The zero-order chi connectivity index (χ0) is 71.4. The molecule has 0 saturated carbocycles. The fourth-order valence-electron chi connectivity index (χ4n) is 11.8. The number of aromatic nitrogens is 6. The molecular formula is C69H77Cl5N14O9S4. The van der Waals surface area contributed by atoms with Gasteiger partial charge in [-0.2, -0.15) is 0 Å². The van der Waals surface area contributed by atoms with Crippen molar-refractivity contribution in [2.24, 2.45) is 0 Å². The molecule has 3 fully saturated rings. The van der Waals surface area contributed by atoms with Crippen LogP contribution in [-0.4, -0.2) is 153 Å². The van der Waals surface area contributed by atoms with Gasteiger partial charge < -0.3 is 28.9 Å². The van der Waals surface area contributed by atoms with Crippen molar-refractivity contribution in [2.45, 2.75) is 66.0 Å². The molecule has 4 aromatic heterocycles. The Morgan fingerprint density at radius 1 is 0.564 bits per heavy atom. The van der Waals surface area contributed by atoms with E-state index < -0.39 is 36.2 Å². The van der Waals surface area contributed by atoms with Crippen LogP contribution in [0, 0.1) is 0 Å². The number of nitrogens with zero attached hydrogens (tertiary/aromatic N) is 11. The average Bonchev–Trinajstić information content (AvgIpc) is 1.79. The molecule has 13 rings (SSSR count).